The van der Waals surface area contributed by atoms with Crippen LogP contribution in [0.15, 0.2) is 65.1 Å². The van der Waals surface area contributed by atoms with Crippen LogP contribution in [0.5, 0.6) is 5.75 Å². The maximum atomic E-state index is 13.6. The number of ether oxygens (including phenoxy) is 1. The molecule has 2 aromatic carbocycles. The van der Waals surface area contributed by atoms with E-state index in [0.717, 1.165) is 25.7 Å². The van der Waals surface area contributed by atoms with Crippen molar-refractivity contribution in [3.8, 4) is 17.1 Å². The van der Waals surface area contributed by atoms with Gasteiger partial charge in [-0.15, -0.1) is 0 Å². The molecule has 1 fully saturated rings. The summed E-state index contributed by atoms with van der Waals surface area (Å²) in [6, 6.07) is 14.0. The van der Waals surface area contributed by atoms with Crippen molar-refractivity contribution in [3.63, 3.8) is 0 Å². The summed E-state index contributed by atoms with van der Waals surface area (Å²) in [6.45, 7) is -0.685. The third-order valence-electron chi connectivity index (χ3n) is 6.94. The summed E-state index contributed by atoms with van der Waals surface area (Å²) >= 11 is 0. The number of hydrogen-bond donors (Lipinski definition) is 3. The van der Waals surface area contributed by atoms with E-state index < -0.39 is 24.4 Å². The van der Waals surface area contributed by atoms with Gasteiger partial charge in [-0.1, -0.05) is 44.2 Å². The minimum Gasteiger partial charge on any atom is -0.451 e. The van der Waals surface area contributed by atoms with Gasteiger partial charge in [-0.2, -0.15) is 8.78 Å². The van der Waals surface area contributed by atoms with Gasteiger partial charge >= 0.3 is 6.61 Å². The smallest absolute Gasteiger partial charge is 0.387 e. The Kier molecular flexibility index (Phi) is 10.1. The van der Waals surface area contributed by atoms with E-state index in [1.807, 2.05) is 6.92 Å². The lowest BCUT2D eigenvalue weighted by molar-refractivity contribution is -0.124. The third kappa shape index (κ3) is 8.53. The quantitative estimate of drug-likeness (QED) is 0.241. The van der Waals surface area contributed by atoms with E-state index in [1.165, 1.54) is 36.8 Å². The minimum atomic E-state index is -2.89. The van der Waals surface area contributed by atoms with Crippen LogP contribution in [-0.2, 0) is 4.79 Å². The van der Waals surface area contributed by atoms with Crippen molar-refractivity contribution in [1.82, 2.24) is 10.6 Å². The first-order valence-corrected chi connectivity index (χ1v) is 13.5. The van der Waals surface area contributed by atoms with E-state index in [1.54, 1.807) is 30.3 Å². The summed E-state index contributed by atoms with van der Waals surface area (Å²) < 4.78 is 48.3. The number of hydrogen-bond acceptors (Lipinski definition) is 5. The fraction of sp³-hybridized carbons (Fsp3) is 0.400. The van der Waals surface area contributed by atoms with Crippen LogP contribution in [0.1, 0.15) is 56.0 Å². The molecular weight excluding hydrogens is 523 g/mol. The number of alkyl halides is 2. The lowest BCUT2D eigenvalue weighted by Crippen LogP contribution is -2.51. The molecule has 7 nitrogen and oxygen atoms in total. The zero-order valence-corrected chi connectivity index (χ0v) is 22.3. The first-order chi connectivity index (χ1) is 19.3. The highest BCUT2D eigenvalue weighted by molar-refractivity contribution is 5.96. The van der Waals surface area contributed by atoms with E-state index in [2.05, 4.69) is 20.7 Å². The maximum Gasteiger partial charge on any atom is 0.387 e. The highest BCUT2D eigenvalue weighted by Gasteiger charge is 2.28. The Hall–Kier alpha value is -3.95. The number of anilines is 1. The van der Waals surface area contributed by atoms with Crippen LogP contribution in [0.3, 0.4) is 0 Å². The molecule has 40 heavy (non-hydrogen) atoms. The van der Waals surface area contributed by atoms with Crippen molar-refractivity contribution in [3.05, 3.63) is 72.2 Å². The molecule has 1 saturated carbocycles. The van der Waals surface area contributed by atoms with Crippen molar-refractivity contribution >= 4 is 17.5 Å². The molecule has 214 valence electrons. The molecule has 0 aliphatic heterocycles. The SMILES string of the molecule is C[C@@H](CNc1ccc(OC(F)F)cc1)NC(=O)[C@H](CC1CCCCC1)NC(=O)c1ccc(-c2cccc(F)c2)o1. The summed E-state index contributed by atoms with van der Waals surface area (Å²) in [7, 11) is 0. The Morgan fingerprint density at radius 1 is 1.00 bits per heavy atom. The zero-order chi connectivity index (χ0) is 28.5. The average molecular weight is 558 g/mol. The van der Waals surface area contributed by atoms with E-state index in [0.29, 0.717) is 35.9 Å². The van der Waals surface area contributed by atoms with E-state index in [9.17, 15) is 22.8 Å². The number of amides is 2. The van der Waals surface area contributed by atoms with Crippen molar-refractivity contribution in [2.24, 2.45) is 5.92 Å². The van der Waals surface area contributed by atoms with Crippen molar-refractivity contribution in [2.45, 2.75) is 64.1 Å². The summed E-state index contributed by atoms with van der Waals surface area (Å²) in [6.07, 6.45) is 5.90. The molecule has 1 aliphatic carbocycles. The fourth-order valence-corrected chi connectivity index (χ4v) is 4.89. The monoisotopic (exact) mass is 557 g/mol. The predicted molar refractivity (Wildman–Crippen MR) is 146 cm³/mol. The van der Waals surface area contributed by atoms with Gasteiger partial charge in [0, 0.05) is 23.8 Å². The van der Waals surface area contributed by atoms with E-state index in [4.69, 9.17) is 4.42 Å². The van der Waals surface area contributed by atoms with Gasteiger partial charge in [-0.05, 0) is 67.8 Å². The number of carbonyl (C=O) groups is 2. The predicted octanol–water partition coefficient (Wildman–Crippen LogP) is 6.37. The summed E-state index contributed by atoms with van der Waals surface area (Å²) in [5.74, 6) is -0.456. The van der Waals surface area contributed by atoms with Crippen LogP contribution >= 0.6 is 0 Å². The summed E-state index contributed by atoms with van der Waals surface area (Å²) in [5.41, 5.74) is 1.19. The average Bonchev–Trinajstić information content (AvgIpc) is 3.43. The van der Waals surface area contributed by atoms with Crippen LogP contribution in [0, 0.1) is 11.7 Å². The van der Waals surface area contributed by atoms with Crippen LogP contribution in [0.4, 0.5) is 18.9 Å². The van der Waals surface area contributed by atoms with Gasteiger partial charge in [-0.3, -0.25) is 9.59 Å². The van der Waals surface area contributed by atoms with Crippen molar-refractivity contribution < 1.29 is 31.9 Å². The van der Waals surface area contributed by atoms with E-state index in [-0.39, 0.29) is 23.5 Å². The first-order valence-electron chi connectivity index (χ1n) is 13.5. The summed E-state index contributed by atoms with van der Waals surface area (Å²) in [4.78, 5) is 26.4. The van der Waals surface area contributed by atoms with Gasteiger partial charge in [-0.25, -0.2) is 4.39 Å². The molecule has 0 saturated heterocycles. The maximum absolute atomic E-state index is 13.6. The molecule has 0 unspecified atom stereocenters. The Morgan fingerprint density at radius 3 is 2.45 bits per heavy atom. The number of rotatable bonds is 12. The lowest BCUT2D eigenvalue weighted by Gasteiger charge is -2.27. The Bertz CT molecular complexity index is 1260. The number of furan rings is 1. The highest BCUT2D eigenvalue weighted by Crippen LogP contribution is 2.28. The van der Waals surface area contributed by atoms with Gasteiger partial charge in [0.1, 0.15) is 23.4 Å². The molecule has 1 aliphatic rings. The van der Waals surface area contributed by atoms with Gasteiger partial charge in [0.25, 0.3) is 5.91 Å². The largest absolute Gasteiger partial charge is 0.451 e. The highest BCUT2D eigenvalue weighted by atomic mass is 19.3. The normalized spacial score (nSPS) is 15.3. The minimum absolute atomic E-state index is 0.0367. The second-order valence-electron chi connectivity index (χ2n) is 10.1. The Labute approximate surface area is 231 Å². The van der Waals surface area contributed by atoms with Crippen LogP contribution < -0.4 is 20.7 Å². The Morgan fingerprint density at radius 2 is 1.75 bits per heavy atom. The number of halogens is 3. The molecule has 3 N–H and O–H groups in total. The second kappa shape index (κ2) is 13.9. The van der Waals surface area contributed by atoms with Crippen LogP contribution in [0.25, 0.3) is 11.3 Å². The van der Waals surface area contributed by atoms with Gasteiger partial charge in [0.15, 0.2) is 5.76 Å². The lowest BCUT2D eigenvalue weighted by atomic mass is 9.84. The zero-order valence-electron chi connectivity index (χ0n) is 22.3. The van der Waals surface area contributed by atoms with Gasteiger partial charge in [0.05, 0.1) is 0 Å². The first kappa shape index (κ1) is 29.0. The number of benzene rings is 2. The second-order valence-corrected chi connectivity index (χ2v) is 10.1. The van der Waals surface area contributed by atoms with Gasteiger partial charge < -0.3 is 25.1 Å². The molecule has 10 heteroatoms. The Balaban J connectivity index is 1.36. The molecule has 0 spiro atoms. The number of carbonyl (C=O) groups excluding carboxylic acids is 2. The topological polar surface area (TPSA) is 92.6 Å². The standard InChI is InChI=1S/C30H34F3N3O4/c1-19(18-34-23-10-12-24(13-11-23)39-30(32)33)35-28(37)25(16-20-6-3-2-4-7-20)36-29(38)27-15-14-26(40-27)21-8-5-9-22(31)17-21/h5,8-15,17,19-20,25,30,34H,2-4,6-7,16,18H2,1H3,(H,35,37)(H,36,38)/t19-,25-/m0/s1. The molecular formula is C30H34F3N3O4. The molecule has 1 heterocycles. The molecule has 0 bridgehead atoms. The van der Waals surface area contributed by atoms with E-state index >= 15 is 0 Å². The van der Waals surface area contributed by atoms with Crippen LogP contribution in [-0.4, -0.2) is 37.1 Å². The number of nitrogens with one attached hydrogen (secondary N) is 3. The fourth-order valence-electron chi connectivity index (χ4n) is 4.89. The molecule has 2 amide bonds. The molecule has 3 aromatic rings. The van der Waals surface area contributed by atoms with Gasteiger partial charge in [0.2, 0.25) is 5.91 Å². The molecule has 4 rings (SSSR count). The van der Waals surface area contributed by atoms with Crippen molar-refractivity contribution in [2.75, 3.05) is 11.9 Å². The molecule has 2 atom stereocenters. The third-order valence-corrected chi connectivity index (χ3v) is 6.94. The van der Waals surface area contributed by atoms with Crippen LogP contribution in [0.2, 0.25) is 0 Å². The molecule has 1 aromatic heterocycles. The van der Waals surface area contributed by atoms with Crippen molar-refractivity contribution in [1.29, 1.82) is 0 Å². The molecule has 0 radical (unpaired) electrons. The summed E-state index contributed by atoms with van der Waals surface area (Å²) in [5, 5.41) is 8.95.